The maximum Gasteiger partial charge on any atom is 0.245 e. The largest absolute Gasteiger partial charge is 0.456 e. The Kier molecular flexibility index (Phi) is 4.92. The Labute approximate surface area is 247 Å². The van der Waals surface area contributed by atoms with E-state index in [-0.39, 0.29) is 0 Å². The molecule has 0 saturated carbocycles. The SMILES string of the molecule is CC1(C)Oc2cc(-c3ccc4c(c3)oc3ccccc34)ccc2-c2cc(-c3cccc4oc5ccccc5c34)ccc2O1. The molecule has 1 aliphatic rings. The molecule has 0 amide bonds. The molecule has 206 valence electrons. The van der Waals surface area contributed by atoms with Gasteiger partial charge < -0.3 is 18.3 Å². The number of fused-ring (bicyclic) bond motifs is 9. The van der Waals surface area contributed by atoms with E-state index >= 15 is 0 Å². The smallest absolute Gasteiger partial charge is 0.245 e. The second kappa shape index (κ2) is 8.76. The molecule has 0 atom stereocenters. The van der Waals surface area contributed by atoms with Crippen molar-refractivity contribution < 1.29 is 18.3 Å². The maximum atomic E-state index is 6.52. The van der Waals surface area contributed by atoms with Gasteiger partial charge in [-0.2, -0.15) is 0 Å². The van der Waals surface area contributed by atoms with Crippen LogP contribution in [0.4, 0.5) is 0 Å². The van der Waals surface area contributed by atoms with Crippen LogP contribution in [0, 0.1) is 0 Å². The van der Waals surface area contributed by atoms with E-state index in [1.54, 1.807) is 0 Å². The van der Waals surface area contributed by atoms with Gasteiger partial charge in [-0.3, -0.25) is 0 Å². The van der Waals surface area contributed by atoms with E-state index in [0.717, 1.165) is 88.8 Å². The summed E-state index contributed by atoms with van der Waals surface area (Å²) >= 11 is 0. The van der Waals surface area contributed by atoms with Gasteiger partial charge in [0.15, 0.2) is 0 Å². The van der Waals surface area contributed by atoms with Crippen molar-refractivity contribution in [1.82, 2.24) is 0 Å². The van der Waals surface area contributed by atoms with Crippen molar-refractivity contribution in [1.29, 1.82) is 0 Å². The van der Waals surface area contributed by atoms with Crippen molar-refractivity contribution in [2.24, 2.45) is 0 Å². The number of hydrogen-bond acceptors (Lipinski definition) is 4. The first-order valence-electron chi connectivity index (χ1n) is 14.5. The summed E-state index contributed by atoms with van der Waals surface area (Å²) in [5, 5.41) is 4.46. The third-order valence-electron chi connectivity index (χ3n) is 8.39. The van der Waals surface area contributed by atoms with E-state index in [1.807, 2.05) is 56.3 Å². The fourth-order valence-electron chi connectivity index (χ4n) is 6.48. The van der Waals surface area contributed by atoms with Gasteiger partial charge in [-0.15, -0.1) is 0 Å². The van der Waals surface area contributed by atoms with Crippen LogP contribution in [0.3, 0.4) is 0 Å². The average Bonchev–Trinajstić information content (AvgIpc) is 3.55. The first-order valence-corrected chi connectivity index (χ1v) is 14.5. The Morgan fingerprint density at radius 1 is 0.419 bits per heavy atom. The lowest BCUT2D eigenvalue weighted by atomic mass is 9.93. The van der Waals surface area contributed by atoms with Crippen LogP contribution in [0.25, 0.3) is 77.3 Å². The fourth-order valence-corrected chi connectivity index (χ4v) is 6.48. The fraction of sp³-hybridized carbons (Fsp3) is 0.0769. The first-order chi connectivity index (χ1) is 21.0. The van der Waals surface area contributed by atoms with Crippen LogP contribution in [0.15, 0.2) is 130 Å². The van der Waals surface area contributed by atoms with Gasteiger partial charge in [-0.25, -0.2) is 0 Å². The normalized spacial score (nSPS) is 13.9. The highest BCUT2D eigenvalue weighted by atomic mass is 16.7. The molecular weight excluding hydrogens is 532 g/mol. The van der Waals surface area contributed by atoms with Crippen molar-refractivity contribution in [3.05, 3.63) is 121 Å². The molecule has 43 heavy (non-hydrogen) atoms. The summed E-state index contributed by atoms with van der Waals surface area (Å²) < 4.78 is 25.3. The quantitative estimate of drug-likeness (QED) is 0.212. The number of ether oxygens (including phenoxy) is 2. The average molecular weight is 559 g/mol. The molecule has 0 aliphatic carbocycles. The van der Waals surface area contributed by atoms with Gasteiger partial charge in [-0.1, -0.05) is 66.7 Å². The summed E-state index contributed by atoms with van der Waals surface area (Å²) in [7, 11) is 0. The standard InChI is InChI=1S/C39H26O4/c1-39(2)42-34-19-16-25(26-10-7-13-35-38(26)30-9-4-6-12-33(30)40-35)20-31(34)29-18-15-24(22-37(29)43-39)23-14-17-28-27-8-3-5-11-32(27)41-36(28)21-23/h3-22H,1-2H3. The zero-order valence-electron chi connectivity index (χ0n) is 23.7. The molecule has 0 N–H and O–H groups in total. The monoisotopic (exact) mass is 558 g/mol. The van der Waals surface area contributed by atoms with E-state index in [1.165, 1.54) is 0 Å². The Hall–Kier alpha value is -5.48. The third kappa shape index (κ3) is 3.76. The van der Waals surface area contributed by atoms with Crippen molar-refractivity contribution in [2.75, 3.05) is 0 Å². The second-order valence-electron chi connectivity index (χ2n) is 11.6. The second-order valence-corrected chi connectivity index (χ2v) is 11.6. The van der Waals surface area contributed by atoms with Gasteiger partial charge in [0.25, 0.3) is 0 Å². The lowest BCUT2D eigenvalue weighted by molar-refractivity contribution is -0.0778. The third-order valence-corrected chi connectivity index (χ3v) is 8.39. The van der Waals surface area contributed by atoms with Gasteiger partial charge >= 0.3 is 0 Å². The van der Waals surface area contributed by atoms with E-state index in [0.29, 0.717) is 0 Å². The molecule has 0 spiro atoms. The number of hydrogen-bond donors (Lipinski definition) is 0. The van der Waals surface area contributed by atoms with Crippen molar-refractivity contribution in [2.45, 2.75) is 19.6 Å². The Bertz CT molecular complexity index is 2390. The molecule has 3 heterocycles. The molecule has 0 saturated heterocycles. The summed E-state index contributed by atoms with van der Waals surface area (Å²) in [6, 6.07) is 41.7. The highest BCUT2D eigenvalue weighted by Crippen LogP contribution is 2.47. The molecule has 8 aromatic rings. The van der Waals surface area contributed by atoms with E-state index in [2.05, 4.69) is 78.9 Å². The molecule has 4 heteroatoms. The van der Waals surface area contributed by atoms with Crippen LogP contribution in [0.1, 0.15) is 13.8 Å². The molecular formula is C39H26O4. The molecule has 2 aromatic heterocycles. The lowest BCUT2D eigenvalue weighted by Crippen LogP contribution is -2.34. The summed E-state index contributed by atoms with van der Waals surface area (Å²) in [4.78, 5) is 0. The Morgan fingerprint density at radius 2 is 1.07 bits per heavy atom. The summed E-state index contributed by atoms with van der Waals surface area (Å²) in [5.74, 6) is 0.701. The molecule has 4 nitrogen and oxygen atoms in total. The Morgan fingerprint density at radius 3 is 1.95 bits per heavy atom. The highest BCUT2D eigenvalue weighted by Gasteiger charge is 2.30. The van der Waals surface area contributed by atoms with E-state index < -0.39 is 5.79 Å². The molecule has 0 radical (unpaired) electrons. The van der Waals surface area contributed by atoms with Gasteiger partial charge in [-0.05, 0) is 76.9 Å². The number of para-hydroxylation sites is 2. The topological polar surface area (TPSA) is 44.7 Å². The zero-order chi connectivity index (χ0) is 28.7. The first kappa shape index (κ1) is 24.2. The van der Waals surface area contributed by atoms with Gasteiger partial charge in [0, 0.05) is 46.5 Å². The molecule has 0 bridgehead atoms. The van der Waals surface area contributed by atoms with Crippen LogP contribution in [-0.2, 0) is 0 Å². The molecule has 1 aliphatic heterocycles. The summed E-state index contributed by atoms with van der Waals surface area (Å²) in [5.41, 5.74) is 9.82. The molecule has 9 rings (SSSR count). The minimum atomic E-state index is -0.858. The van der Waals surface area contributed by atoms with Crippen LogP contribution in [-0.4, -0.2) is 5.79 Å². The minimum absolute atomic E-state index is 0.773. The molecule has 6 aromatic carbocycles. The maximum absolute atomic E-state index is 6.52. The molecule has 0 fully saturated rings. The highest BCUT2D eigenvalue weighted by molar-refractivity contribution is 6.12. The van der Waals surface area contributed by atoms with Gasteiger partial charge in [0.1, 0.15) is 33.8 Å². The lowest BCUT2D eigenvalue weighted by Gasteiger charge is -2.25. The zero-order valence-corrected chi connectivity index (χ0v) is 23.7. The van der Waals surface area contributed by atoms with E-state index in [9.17, 15) is 0 Å². The number of furan rings is 2. The van der Waals surface area contributed by atoms with Crippen LogP contribution in [0.2, 0.25) is 0 Å². The number of benzene rings is 6. The van der Waals surface area contributed by atoms with Gasteiger partial charge in [0.05, 0.1) is 0 Å². The van der Waals surface area contributed by atoms with Crippen molar-refractivity contribution in [3.8, 4) is 44.9 Å². The summed E-state index contributed by atoms with van der Waals surface area (Å²) in [6.07, 6.45) is 0. The predicted octanol–water partition coefficient (Wildman–Crippen LogP) is 11.0. The van der Waals surface area contributed by atoms with Crippen molar-refractivity contribution in [3.63, 3.8) is 0 Å². The predicted molar refractivity (Wildman–Crippen MR) is 173 cm³/mol. The molecule has 0 unspecified atom stereocenters. The number of rotatable bonds is 2. The Balaban J connectivity index is 1.20. The van der Waals surface area contributed by atoms with Crippen molar-refractivity contribution >= 4 is 43.9 Å². The minimum Gasteiger partial charge on any atom is -0.456 e. The van der Waals surface area contributed by atoms with E-state index in [4.69, 9.17) is 18.3 Å². The van der Waals surface area contributed by atoms with Gasteiger partial charge in [0.2, 0.25) is 5.79 Å². The summed E-state index contributed by atoms with van der Waals surface area (Å²) in [6.45, 7) is 3.90. The van der Waals surface area contributed by atoms with Crippen LogP contribution < -0.4 is 9.47 Å². The van der Waals surface area contributed by atoms with Crippen LogP contribution in [0.5, 0.6) is 11.5 Å². The van der Waals surface area contributed by atoms with Crippen LogP contribution >= 0.6 is 0 Å².